The fourth-order valence-corrected chi connectivity index (χ4v) is 4.49. The topological polar surface area (TPSA) is 89.7 Å². The summed E-state index contributed by atoms with van der Waals surface area (Å²) in [4.78, 5) is 19.8. The van der Waals surface area contributed by atoms with Crippen LogP contribution in [0.5, 0.6) is 11.5 Å². The highest BCUT2D eigenvalue weighted by Gasteiger charge is 2.27. The number of hydrogen-bond donors (Lipinski definition) is 1. The molecule has 2 heterocycles. The SMILES string of the molecule is CCC(NC(=O)C1CCN(Cc2nc(-c3ccc(Cl)cc3)no2)CC1)c1ccc(OC)c(OC)c1. The van der Waals surface area contributed by atoms with E-state index in [1.165, 1.54) is 0 Å². The number of amides is 1. The number of benzene rings is 2. The highest BCUT2D eigenvalue weighted by atomic mass is 35.5. The number of methoxy groups -OCH3 is 2. The van der Waals surface area contributed by atoms with E-state index in [9.17, 15) is 4.79 Å². The Bertz CT molecular complexity index is 1130. The molecule has 1 unspecified atom stereocenters. The normalized spacial score (nSPS) is 15.5. The Morgan fingerprint density at radius 2 is 1.86 bits per heavy atom. The van der Waals surface area contributed by atoms with Crippen molar-refractivity contribution in [2.45, 2.75) is 38.8 Å². The molecule has 1 aromatic heterocycles. The Kier molecular flexibility index (Phi) is 8.25. The van der Waals surface area contributed by atoms with Crippen LogP contribution in [0.2, 0.25) is 5.02 Å². The second kappa shape index (κ2) is 11.6. The standard InChI is InChI=1S/C26H31ClN4O4/c1-4-21(19-7-10-22(33-2)23(15-19)34-3)28-26(32)18-11-13-31(14-12-18)16-24-29-25(30-35-24)17-5-8-20(27)9-6-17/h5-10,15,18,21H,4,11-14,16H2,1-3H3,(H,28,32). The fourth-order valence-electron chi connectivity index (χ4n) is 4.36. The van der Waals surface area contributed by atoms with Gasteiger partial charge in [-0.05, 0) is 74.3 Å². The third kappa shape index (κ3) is 6.13. The van der Waals surface area contributed by atoms with Crippen molar-refractivity contribution in [1.29, 1.82) is 0 Å². The molecule has 0 spiro atoms. The summed E-state index contributed by atoms with van der Waals surface area (Å²) in [6.07, 6.45) is 2.35. The summed E-state index contributed by atoms with van der Waals surface area (Å²) in [5, 5.41) is 7.97. The number of likely N-dealkylation sites (tertiary alicyclic amines) is 1. The van der Waals surface area contributed by atoms with Gasteiger partial charge in [-0.1, -0.05) is 29.7 Å². The first kappa shape index (κ1) is 25.0. The Morgan fingerprint density at radius 1 is 1.14 bits per heavy atom. The Morgan fingerprint density at radius 3 is 2.51 bits per heavy atom. The lowest BCUT2D eigenvalue weighted by Crippen LogP contribution is -2.41. The summed E-state index contributed by atoms with van der Waals surface area (Å²) < 4.78 is 16.2. The third-order valence-corrected chi connectivity index (χ3v) is 6.67. The average Bonchev–Trinajstić information content (AvgIpc) is 3.36. The smallest absolute Gasteiger partial charge is 0.241 e. The van der Waals surface area contributed by atoms with Crippen molar-refractivity contribution in [3.05, 3.63) is 58.9 Å². The van der Waals surface area contributed by atoms with Gasteiger partial charge in [0.25, 0.3) is 0 Å². The van der Waals surface area contributed by atoms with Crippen molar-refractivity contribution in [1.82, 2.24) is 20.4 Å². The van der Waals surface area contributed by atoms with E-state index in [1.54, 1.807) is 26.4 Å². The highest BCUT2D eigenvalue weighted by molar-refractivity contribution is 6.30. The number of nitrogens with zero attached hydrogens (tertiary/aromatic N) is 3. The summed E-state index contributed by atoms with van der Waals surface area (Å²) in [7, 11) is 3.22. The first-order valence-electron chi connectivity index (χ1n) is 11.8. The number of aromatic nitrogens is 2. The Balaban J connectivity index is 1.30. The summed E-state index contributed by atoms with van der Waals surface area (Å²) in [6, 6.07) is 13.0. The number of piperidine rings is 1. The molecule has 2 aromatic carbocycles. The van der Waals surface area contributed by atoms with Crippen molar-refractivity contribution in [2.24, 2.45) is 5.92 Å². The van der Waals surface area contributed by atoms with E-state index in [4.69, 9.17) is 25.6 Å². The lowest BCUT2D eigenvalue weighted by Gasteiger charge is -2.31. The van der Waals surface area contributed by atoms with Crippen LogP contribution in [0.1, 0.15) is 43.7 Å². The maximum absolute atomic E-state index is 13.0. The van der Waals surface area contributed by atoms with E-state index in [-0.39, 0.29) is 17.9 Å². The molecule has 186 valence electrons. The second-order valence-corrected chi connectivity index (χ2v) is 9.09. The molecule has 1 aliphatic rings. The third-order valence-electron chi connectivity index (χ3n) is 6.42. The van der Waals surface area contributed by atoms with E-state index in [1.807, 2.05) is 30.3 Å². The van der Waals surface area contributed by atoms with Crippen LogP contribution < -0.4 is 14.8 Å². The van der Waals surface area contributed by atoms with Crippen molar-refractivity contribution in [3.8, 4) is 22.9 Å². The van der Waals surface area contributed by atoms with Crippen molar-refractivity contribution in [2.75, 3.05) is 27.3 Å². The van der Waals surface area contributed by atoms with Crippen LogP contribution >= 0.6 is 11.6 Å². The first-order chi connectivity index (χ1) is 17.0. The van der Waals surface area contributed by atoms with Crippen LogP contribution in [-0.4, -0.2) is 48.3 Å². The molecule has 35 heavy (non-hydrogen) atoms. The molecule has 0 radical (unpaired) electrons. The number of nitrogens with one attached hydrogen (secondary N) is 1. The van der Waals surface area contributed by atoms with E-state index in [0.29, 0.717) is 34.8 Å². The van der Waals surface area contributed by atoms with Crippen LogP contribution in [-0.2, 0) is 11.3 Å². The molecule has 0 bridgehead atoms. The summed E-state index contributed by atoms with van der Waals surface area (Å²) in [6.45, 7) is 4.22. The molecule has 0 saturated carbocycles. The Hall–Kier alpha value is -3.10. The minimum Gasteiger partial charge on any atom is -0.493 e. The number of halogens is 1. The van der Waals surface area contributed by atoms with E-state index in [0.717, 1.165) is 43.5 Å². The largest absolute Gasteiger partial charge is 0.493 e. The van der Waals surface area contributed by atoms with Crippen molar-refractivity contribution >= 4 is 17.5 Å². The molecule has 1 aliphatic heterocycles. The van der Waals surface area contributed by atoms with Gasteiger partial charge in [-0.3, -0.25) is 9.69 Å². The molecule has 1 amide bonds. The quantitative estimate of drug-likeness (QED) is 0.449. The maximum atomic E-state index is 13.0. The number of carbonyl (C=O) groups excluding carboxylic acids is 1. The molecule has 0 aliphatic carbocycles. The lowest BCUT2D eigenvalue weighted by atomic mass is 9.94. The van der Waals surface area contributed by atoms with Gasteiger partial charge >= 0.3 is 0 Å². The van der Waals surface area contributed by atoms with Gasteiger partial charge in [-0.2, -0.15) is 4.98 Å². The molecular weight excluding hydrogens is 468 g/mol. The fraction of sp³-hybridized carbons (Fsp3) is 0.423. The first-order valence-corrected chi connectivity index (χ1v) is 12.2. The number of ether oxygens (including phenoxy) is 2. The van der Waals surface area contributed by atoms with Crippen LogP contribution in [0.4, 0.5) is 0 Å². The summed E-state index contributed by atoms with van der Waals surface area (Å²) in [5.74, 6) is 2.52. The van der Waals surface area contributed by atoms with Gasteiger partial charge in [-0.15, -0.1) is 0 Å². The van der Waals surface area contributed by atoms with Gasteiger partial charge < -0.3 is 19.3 Å². The summed E-state index contributed by atoms with van der Waals surface area (Å²) in [5.41, 5.74) is 1.86. The van der Waals surface area contributed by atoms with Gasteiger partial charge in [-0.25, -0.2) is 0 Å². The summed E-state index contributed by atoms with van der Waals surface area (Å²) >= 11 is 5.95. The van der Waals surface area contributed by atoms with Crippen molar-refractivity contribution in [3.63, 3.8) is 0 Å². The van der Waals surface area contributed by atoms with Gasteiger partial charge in [0.15, 0.2) is 11.5 Å². The molecule has 9 heteroatoms. The van der Waals surface area contributed by atoms with E-state index >= 15 is 0 Å². The molecule has 3 aromatic rings. The zero-order valence-electron chi connectivity index (χ0n) is 20.3. The number of carbonyl (C=O) groups is 1. The van der Waals surface area contributed by atoms with Gasteiger partial charge in [0.1, 0.15) is 0 Å². The van der Waals surface area contributed by atoms with Gasteiger partial charge in [0.05, 0.1) is 26.8 Å². The maximum Gasteiger partial charge on any atom is 0.241 e. The molecule has 1 fully saturated rings. The molecule has 8 nitrogen and oxygen atoms in total. The van der Waals surface area contributed by atoms with Crippen LogP contribution in [0.15, 0.2) is 47.0 Å². The molecule has 1 atom stereocenters. The van der Waals surface area contributed by atoms with E-state index in [2.05, 4.69) is 27.3 Å². The minimum atomic E-state index is -0.0787. The zero-order valence-corrected chi connectivity index (χ0v) is 21.0. The second-order valence-electron chi connectivity index (χ2n) is 8.65. The molecule has 1 N–H and O–H groups in total. The van der Waals surface area contributed by atoms with Gasteiger partial charge in [0.2, 0.25) is 17.6 Å². The Labute approximate surface area is 210 Å². The predicted octanol–water partition coefficient (Wildman–Crippen LogP) is 4.89. The predicted molar refractivity (Wildman–Crippen MR) is 133 cm³/mol. The van der Waals surface area contributed by atoms with Crippen molar-refractivity contribution < 1.29 is 18.8 Å². The minimum absolute atomic E-state index is 0.0206. The van der Waals surface area contributed by atoms with Crippen LogP contribution in [0.25, 0.3) is 11.4 Å². The average molecular weight is 499 g/mol. The highest BCUT2D eigenvalue weighted by Crippen LogP contribution is 2.31. The number of hydrogen-bond acceptors (Lipinski definition) is 7. The lowest BCUT2D eigenvalue weighted by molar-refractivity contribution is -0.127. The van der Waals surface area contributed by atoms with E-state index < -0.39 is 0 Å². The van der Waals surface area contributed by atoms with Gasteiger partial charge in [0, 0.05) is 16.5 Å². The van der Waals surface area contributed by atoms with Crippen LogP contribution in [0, 0.1) is 5.92 Å². The van der Waals surface area contributed by atoms with Crippen LogP contribution in [0.3, 0.4) is 0 Å². The molecule has 4 rings (SSSR count). The monoisotopic (exact) mass is 498 g/mol. The molecular formula is C26H31ClN4O4. The zero-order chi connectivity index (χ0) is 24.8. The number of rotatable bonds is 9. The molecule has 1 saturated heterocycles.